The summed E-state index contributed by atoms with van der Waals surface area (Å²) in [5, 5.41) is 17.7. The van der Waals surface area contributed by atoms with Gasteiger partial charge in [-0.25, -0.2) is 4.79 Å². The van der Waals surface area contributed by atoms with E-state index in [1.807, 2.05) is 0 Å². The molecule has 0 radical (unpaired) electrons. The number of benzene rings is 1. The van der Waals surface area contributed by atoms with Crippen molar-refractivity contribution in [1.29, 1.82) is 0 Å². The van der Waals surface area contributed by atoms with Gasteiger partial charge in [0.15, 0.2) is 6.10 Å². The summed E-state index contributed by atoms with van der Waals surface area (Å²) >= 11 is 0. The third kappa shape index (κ3) is 4.10. The second-order valence-electron chi connectivity index (χ2n) is 2.93. The van der Waals surface area contributed by atoms with Gasteiger partial charge in [-0.1, -0.05) is 12.1 Å². The van der Waals surface area contributed by atoms with Crippen molar-refractivity contribution in [2.24, 2.45) is 0 Å². The molecular formula is C10H14BeO4. The van der Waals surface area contributed by atoms with Crippen LogP contribution in [0.5, 0.6) is 5.75 Å². The number of carbonyl (C=O) groups is 1. The van der Waals surface area contributed by atoms with Gasteiger partial charge in [0.25, 0.3) is 0 Å². The van der Waals surface area contributed by atoms with Gasteiger partial charge >= 0.3 is 16.1 Å². The Morgan fingerprint density at radius 1 is 1.40 bits per heavy atom. The standard InChI is InChI=1S/C10H12O4.Be.2H/c1-14-9(10(12)13)6-7-2-4-8(11)5-3-7;;;/h2-5,9,11H,6H2,1H3,(H,12,13);;;. The van der Waals surface area contributed by atoms with Gasteiger partial charge in [-0.05, 0) is 17.7 Å². The van der Waals surface area contributed by atoms with Gasteiger partial charge < -0.3 is 14.9 Å². The summed E-state index contributed by atoms with van der Waals surface area (Å²) in [4.78, 5) is 10.6. The van der Waals surface area contributed by atoms with E-state index in [9.17, 15) is 4.79 Å². The quantitative estimate of drug-likeness (QED) is 0.688. The number of carboxylic acids is 1. The van der Waals surface area contributed by atoms with Crippen LogP contribution >= 0.6 is 0 Å². The number of aliphatic carboxylic acids is 1. The fourth-order valence-corrected chi connectivity index (χ4v) is 1.12. The van der Waals surface area contributed by atoms with Crippen LogP contribution in [0, 0.1) is 0 Å². The molecule has 0 aliphatic heterocycles. The van der Waals surface area contributed by atoms with Crippen LogP contribution in [0.15, 0.2) is 24.3 Å². The fraction of sp³-hybridized carbons (Fsp3) is 0.300. The molecule has 0 saturated carbocycles. The molecular weight excluding hydrogens is 193 g/mol. The van der Waals surface area contributed by atoms with E-state index in [0.717, 1.165) is 5.56 Å². The molecule has 0 aliphatic rings. The number of phenols is 1. The molecule has 0 aromatic heterocycles. The molecule has 0 aliphatic carbocycles. The van der Waals surface area contributed by atoms with Crippen LogP contribution in [-0.2, 0) is 16.0 Å². The Balaban J connectivity index is 0.00000196. The first-order valence-electron chi connectivity index (χ1n) is 4.17. The predicted octanol–water partition coefficient (Wildman–Crippen LogP) is 0.118. The van der Waals surface area contributed by atoms with Gasteiger partial charge in [-0.15, -0.1) is 0 Å². The average molecular weight is 207 g/mol. The Morgan fingerprint density at radius 3 is 2.33 bits per heavy atom. The number of methoxy groups -OCH3 is 1. The van der Waals surface area contributed by atoms with E-state index in [1.165, 1.54) is 19.2 Å². The van der Waals surface area contributed by atoms with Crippen LogP contribution in [0.2, 0.25) is 0 Å². The summed E-state index contributed by atoms with van der Waals surface area (Å²) < 4.78 is 4.78. The van der Waals surface area contributed by atoms with Crippen molar-refractivity contribution in [3.8, 4) is 5.75 Å². The predicted molar refractivity (Wildman–Crippen MR) is 58.8 cm³/mol. The summed E-state index contributed by atoms with van der Waals surface area (Å²) in [5.74, 6) is -0.821. The van der Waals surface area contributed by atoms with Crippen LogP contribution in [0.1, 0.15) is 5.56 Å². The topological polar surface area (TPSA) is 66.8 Å². The normalized spacial score (nSPS) is 11.5. The fourth-order valence-electron chi connectivity index (χ4n) is 1.12. The molecule has 1 atom stereocenters. The number of hydrogen-bond donors (Lipinski definition) is 2. The van der Waals surface area contributed by atoms with Gasteiger partial charge in [-0.2, -0.15) is 0 Å². The summed E-state index contributed by atoms with van der Waals surface area (Å²) in [6, 6.07) is 6.38. The van der Waals surface area contributed by atoms with Crippen LogP contribution in [0.3, 0.4) is 0 Å². The Bertz CT molecular complexity index is 310. The van der Waals surface area contributed by atoms with Crippen molar-refractivity contribution in [3.05, 3.63) is 29.8 Å². The molecule has 0 heterocycles. The first-order chi connectivity index (χ1) is 6.63. The zero-order valence-corrected chi connectivity index (χ0v) is 7.80. The molecule has 2 N–H and O–H groups in total. The van der Waals surface area contributed by atoms with Crippen LogP contribution in [-0.4, -0.2) is 39.5 Å². The van der Waals surface area contributed by atoms with Gasteiger partial charge in [0.05, 0.1) is 0 Å². The molecule has 0 bridgehead atoms. The summed E-state index contributed by atoms with van der Waals surface area (Å²) in [6.45, 7) is 0. The second-order valence-corrected chi connectivity index (χ2v) is 2.93. The SMILES string of the molecule is COC(Cc1ccc(O)cc1)C(=O)O.[BeH2]. The molecule has 0 fully saturated rings. The van der Waals surface area contributed by atoms with Gasteiger partial charge in [0.2, 0.25) is 0 Å². The zero-order valence-electron chi connectivity index (χ0n) is 7.80. The van der Waals surface area contributed by atoms with E-state index in [4.69, 9.17) is 14.9 Å². The Kier molecular flexibility index (Phi) is 5.60. The molecule has 0 amide bonds. The third-order valence-corrected chi connectivity index (χ3v) is 1.92. The average Bonchev–Trinajstić information content (AvgIpc) is 2.16. The molecule has 0 spiro atoms. The molecule has 1 rings (SSSR count). The number of aromatic hydroxyl groups is 1. The minimum atomic E-state index is -0.986. The Morgan fingerprint density at radius 2 is 1.93 bits per heavy atom. The molecule has 15 heavy (non-hydrogen) atoms. The molecule has 1 unspecified atom stereocenters. The van der Waals surface area contributed by atoms with E-state index < -0.39 is 12.1 Å². The summed E-state index contributed by atoms with van der Waals surface area (Å²) in [5.41, 5.74) is 0.817. The molecule has 5 heteroatoms. The molecule has 80 valence electrons. The number of rotatable bonds is 4. The maximum absolute atomic E-state index is 10.6. The maximum atomic E-state index is 10.6. The molecule has 1 aromatic carbocycles. The number of hydrogen-bond acceptors (Lipinski definition) is 3. The van der Waals surface area contributed by atoms with E-state index >= 15 is 0 Å². The van der Waals surface area contributed by atoms with Gasteiger partial charge in [0.1, 0.15) is 5.75 Å². The molecule has 0 saturated heterocycles. The number of carboxylic acid groups (broad SMARTS) is 1. The van der Waals surface area contributed by atoms with E-state index in [-0.39, 0.29) is 15.9 Å². The van der Waals surface area contributed by atoms with Crippen LogP contribution in [0.4, 0.5) is 0 Å². The summed E-state index contributed by atoms with van der Waals surface area (Å²) in [6.07, 6.45) is -0.536. The van der Waals surface area contributed by atoms with Crippen molar-refractivity contribution < 1.29 is 19.7 Å². The summed E-state index contributed by atoms with van der Waals surface area (Å²) in [7, 11) is 1.36. The second kappa shape index (κ2) is 6.17. The minimum absolute atomic E-state index is 0. The van der Waals surface area contributed by atoms with E-state index in [1.54, 1.807) is 12.1 Å². The molecule has 1 aromatic rings. The zero-order chi connectivity index (χ0) is 10.6. The first-order valence-corrected chi connectivity index (χ1v) is 4.17. The van der Waals surface area contributed by atoms with Crippen LogP contribution in [0.25, 0.3) is 0 Å². The molecule has 4 nitrogen and oxygen atoms in total. The Labute approximate surface area is 91.7 Å². The van der Waals surface area contributed by atoms with Crippen molar-refractivity contribution in [2.75, 3.05) is 7.11 Å². The van der Waals surface area contributed by atoms with Gasteiger partial charge in [0, 0.05) is 13.5 Å². The Hall–Kier alpha value is -1.38. The van der Waals surface area contributed by atoms with Gasteiger partial charge in [-0.3, -0.25) is 0 Å². The van der Waals surface area contributed by atoms with Crippen molar-refractivity contribution in [3.63, 3.8) is 0 Å². The third-order valence-electron chi connectivity index (χ3n) is 1.92. The van der Waals surface area contributed by atoms with E-state index in [0.29, 0.717) is 6.42 Å². The monoisotopic (exact) mass is 207 g/mol. The van der Waals surface area contributed by atoms with E-state index in [2.05, 4.69) is 0 Å². The van der Waals surface area contributed by atoms with Crippen molar-refractivity contribution >= 4 is 16.1 Å². The number of phenolic OH excluding ortho intramolecular Hbond substituents is 1. The number of ether oxygens (including phenoxy) is 1. The first kappa shape index (κ1) is 13.6. The van der Waals surface area contributed by atoms with Crippen molar-refractivity contribution in [2.45, 2.75) is 12.5 Å². The van der Waals surface area contributed by atoms with Crippen molar-refractivity contribution in [1.82, 2.24) is 0 Å². The van der Waals surface area contributed by atoms with Crippen LogP contribution < -0.4 is 0 Å².